The van der Waals surface area contributed by atoms with E-state index in [-0.39, 0.29) is 12.1 Å². The van der Waals surface area contributed by atoms with Crippen LogP contribution in [0.3, 0.4) is 0 Å². The zero-order valence-corrected chi connectivity index (χ0v) is 14.3. The van der Waals surface area contributed by atoms with E-state index in [1.54, 1.807) is 12.1 Å². The van der Waals surface area contributed by atoms with Crippen LogP contribution in [0.25, 0.3) is 0 Å². The van der Waals surface area contributed by atoms with Crippen LogP contribution in [-0.2, 0) is 17.4 Å². The van der Waals surface area contributed by atoms with Crippen molar-refractivity contribution in [3.05, 3.63) is 59.4 Å². The molecule has 0 aliphatic rings. The van der Waals surface area contributed by atoms with Crippen LogP contribution in [0.4, 0.5) is 18.9 Å². The second-order valence-electron chi connectivity index (χ2n) is 5.65. The second-order valence-corrected chi connectivity index (χ2v) is 5.65. The van der Waals surface area contributed by atoms with Crippen molar-refractivity contribution in [2.24, 2.45) is 0 Å². The summed E-state index contributed by atoms with van der Waals surface area (Å²) in [6, 6.07) is 9.08. The van der Waals surface area contributed by atoms with Crippen molar-refractivity contribution in [2.75, 3.05) is 18.9 Å². The first-order valence-corrected chi connectivity index (χ1v) is 7.88. The summed E-state index contributed by atoms with van der Waals surface area (Å²) in [6.45, 7) is 1.72. The first kappa shape index (κ1) is 19.4. The number of rotatable bonds is 5. The Labute approximate surface area is 148 Å². The number of hydrogen-bond donors (Lipinski definition) is 1. The summed E-state index contributed by atoms with van der Waals surface area (Å²) in [6.07, 6.45) is -2.98. The van der Waals surface area contributed by atoms with Crippen LogP contribution in [0.2, 0.25) is 0 Å². The molecule has 0 radical (unpaired) electrons. The summed E-state index contributed by atoms with van der Waals surface area (Å²) in [5, 5.41) is 2.73. The number of para-hydroxylation sites is 1. The number of aryl methyl sites for hydroxylation is 1. The minimum absolute atomic E-state index is 0.0257. The molecule has 0 bridgehead atoms. The molecule has 1 aromatic carbocycles. The van der Waals surface area contributed by atoms with Crippen molar-refractivity contribution >= 4 is 17.5 Å². The monoisotopic (exact) mass is 365 g/mol. The van der Waals surface area contributed by atoms with E-state index in [0.29, 0.717) is 5.69 Å². The zero-order chi connectivity index (χ0) is 19.3. The number of hydrogen-bond acceptors (Lipinski definition) is 3. The van der Waals surface area contributed by atoms with Crippen molar-refractivity contribution in [1.82, 2.24) is 9.88 Å². The molecule has 0 saturated heterocycles. The third-order valence-corrected chi connectivity index (χ3v) is 3.70. The lowest BCUT2D eigenvalue weighted by Crippen LogP contribution is -2.35. The number of amides is 2. The lowest BCUT2D eigenvalue weighted by atomic mass is 10.1. The van der Waals surface area contributed by atoms with Gasteiger partial charge >= 0.3 is 6.18 Å². The van der Waals surface area contributed by atoms with Gasteiger partial charge in [-0.3, -0.25) is 14.6 Å². The van der Waals surface area contributed by atoms with Crippen LogP contribution in [0.15, 0.2) is 42.6 Å². The number of anilines is 1. The van der Waals surface area contributed by atoms with Gasteiger partial charge in [-0.05, 0) is 30.2 Å². The maximum absolute atomic E-state index is 12.5. The van der Waals surface area contributed by atoms with Gasteiger partial charge in [0.25, 0.3) is 5.91 Å². The summed E-state index contributed by atoms with van der Waals surface area (Å²) < 4.78 is 37.5. The summed E-state index contributed by atoms with van der Waals surface area (Å²) in [7, 11) is 1.39. The second kappa shape index (κ2) is 7.99. The molecule has 26 heavy (non-hydrogen) atoms. The minimum Gasteiger partial charge on any atom is -0.332 e. The highest BCUT2D eigenvalue weighted by atomic mass is 19.4. The molecule has 2 aromatic rings. The lowest BCUT2D eigenvalue weighted by Gasteiger charge is -2.18. The van der Waals surface area contributed by atoms with Crippen molar-refractivity contribution in [2.45, 2.75) is 19.5 Å². The van der Waals surface area contributed by atoms with Crippen LogP contribution >= 0.6 is 0 Å². The van der Waals surface area contributed by atoms with Crippen LogP contribution in [-0.4, -0.2) is 35.3 Å². The molecular weight excluding hydrogens is 347 g/mol. The first-order chi connectivity index (χ1) is 12.2. The summed E-state index contributed by atoms with van der Waals surface area (Å²) in [5.41, 5.74) is 0.520. The van der Waals surface area contributed by atoms with E-state index in [9.17, 15) is 22.8 Å². The topological polar surface area (TPSA) is 62.3 Å². The molecule has 1 aromatic heterocycles. The molecule has 1 N–H and O–H groups in total. The molecule has 0 aliphatic carbocycles. The van der Waals surface area contributed by atoms with E-state index in [4.69, 9.17) is 0 Å². The summed E-state index contributed by atoms with van der Waals surface area (Å²) in [4.78, 5) is 28.8. The van der Waals surface area contributed by atoms with Gasteiger partial charge in [0.2, 0.25) is 5.91 Å². The fourth-order valence-electron chi connectivity index (χ4n) is 2.34. The molecule has 138 valence electrons. The van der Waals surface area contributed by atoms with Crippen LogP contribution in [0, 0.1) is 0 Å². The van der Waals surface area contributed by atoms with E-state index in [1.807, 2.05) is 19.1 Å². The van der Waals surface area contributed by atoms with Crippen LogP contribution < -0.4 is 5.32 Å². The minimum atomic E-state index is -4.57. The van der Waals surface area contributed by atoms with E-state index < -0.39 is 23.7 Å². The fraction of sp³-hybridized carbons (Fsp3) is 0.278. The van der Waals surface area contributed by atoms with E-state index in [2.05, 4.69) is 10.3 Å². The number of alkyl halides is 3. The maximum Gasteiger partial charge on any atom is 0.433 e. The number of likely N-dealkylation sites (N-methyl/N-ethyl adjacent to an activating group) is 1. The summed E-state index contributed by atoms with van der Waals surface area (Å²) in [5.74, 6) is -0.994. The standard InChI is InChI=1S/C18H18F3N3O2/c1-3-12-6-4-5-7-14(12)23-16(25)11-24(2)17(26)13-8-9-15(22-10-13)18(19,20)21/h4-10H,3,11H2,1-2H3,(H,23,25). The van der Waals surface area contributed by atoms with Gasteiger partial charge in [0.15, 0.2) is 0 Å². The van der Waals surface area contributed by atoms with Crippen LogP contribution in [0.1, 0.15) is 28.5 Å². The predicted molar refractivity (Wildman–Crippen MR) is 90.6 cm³/mol. The van der Waals surface area contributed by atoms with Gasteiger partial charge in [0.1, 0.15) is 5.69 Å². The Hall–Kier alpha value is -2.90. The van der Waals surface area contributed by atoms with E-state index >= 15 is 0 Å². The smallest absolute Gasteiger partial charge is 0.332 e. The third kappa shape index (κ3) is 4.81. The Morgan fingerprint density at radius 3 is 2.42 bits per heavy atom. The molecule has 1 heterocycles. The van der Waals surface area contributed by atoms with E-state index in [0.717, 1.165) is 35.2 Å². The first-order valence-electron chi connectivity index (χ1n) is 7.88. The molecule has 0 unspecified atom stereocenters. The molecule has 5 nitrogen and oxygen atoms in total. The number of carbonyl (C=O) groups is 2. The number of aromatic nitrogens is 1. The third-order valence-electron chi connectivity index (χ3n) is 3.70. The predicted octanol–water partition coefficient (Wildman–Crippen LogP) is 3.37. The van der Waals surface area contributed by atoms with Gasteiger partial charge < -0.3 is 10.2 Å². The number of halogens is 3. The highest BCUT2D eigenvalue weighted by Gasteiger charge is 2.32. The molecule has 0 fully saturated rings. The maximum atomic E-state index is 12.5. The van der Waals surface area contributed by atoms with Gasteiger partial charge in [0, 0.05) is 18.9 Å². The highest BCUT2D eigenvalue weighted by molar-refractivity contribution is 5.99. The Balaban J connectivity index is 2.01. The SMILES string of the molecule is CCc1ccccc1NC(=O)CN(C)C(=O)c1ccc(C(F)(F)F)nc1. The van der Waals surface area contributed by atoms with Crippen molar-refractivity contribution in [3.8, 4) is 0 Å². The Bertz CT molecular complexity index is 789. The molecule has 2 amide bonds. The quantitative estimate of drug-likeness (QED) is 0.884. The zero-order valence-electron chi connectivity index (χ0n) is 14.3. The Morgan fingerprint density at radius 2 is 1.85 bits per heavy atom. The normalized spacial score (nSPS) is 11.1. The van der Waals surface area contributed by atoms with Gasteiger partial charge in [-0.2, -0.15) is 13.2 Å². The summed E-state index contributed by atoms with van der Waals surface area (Å²) >= 11 is 0. The molecule has 2 rings (SSSR count). The number of carbonyl (C=O) groups excluding carboxylic acids is 2. The van der Waals surface area contributed by atoms with Gasteiger partial charge in [-0.15, -0.1) is 0 Å². The van der Waals surface area contributed by atoms with Crippen molar-refractivity contribution < 1.29 is 22.8 Å². The van der Waals surface area contributed by atoms with E-state index in [1.165, 1.54) is 7.05 Å². The van der Waals surface area contributed by atoms with Crippen molar-refractivity contribution in [3.63, 3.8) is 0 Å². The van der Waals surface area contributed by atoms with Gasteiger partial charge in [-0.25, -0.2) is 0 Å². The molecule has 8 heteroatoms. The number of benzene rings is 1. The van der Waals surface area contributed by atoms with Crippen molar-refractivity contribution in [1.29, 1.82) is 0 Å². The average Bonchev–Trinajstić information content (AvgIpc) is 2.60. The fourth-order valence-corrected chi connectivity index (χ4v) is 2.34. The molecule has 0 saturated carbocycles. The Kier molecular flexibility index (Phi) is 5.97. The van der Waals surface area contributed by atoms with Gasteiger partial charge in [-0.1, -0.05) is 25.1 Å². The van der Waals surface area contributed by atoms with Gasteiger partial charge in [0.05, 0.1) is 12.1 Å². The molecular formula is C18H18F3N3O2. The lowest BCUT2D eigenvalue weighted by molar-refractivity contribution is -0.141. The Morgan fingerprint density at radius 1 is 1.15 bits per heavy atom. The molecule has 0 spiro atoms. The highest BCUT2D eigenvalue weighted by Crippen LogP contribution is 2.27. The average molecular weight is 365 g/mol. The molecule has 0 aliphatic heterocycles. The molecule has 0 atom stereocenters. The largest absolute Gasteiger partial charge is 0.433 e. The number of nitrogens with one attached hydrogen (secondary N) is 1. The number of pyridine rings is 1. The number of nitrogens with zero attached hydrogens (tertiary/aromatic N) is 2. The van der Waals surface area contributed by atoms with Crippen LogP contribution in [0.5, 0.6) is 0 Å².